The molecular weight excluding hydrogens is 565 g/mol. The molecule has 38 heavy (non-hydrogen) atoms. The molecule has 0 atom stereocenters. The second-order valence-corrected chi connectivity index (χ2v) is 10.6. The fraction of sp³-hybridized carbons (Fsp3) is 0.0435. The number of aromatic nitrogens is 2. The van der Waals surface area contributed by atoms with Crippen LogP contribution in [0, 0.1) is 11.3 Å². The van der Waals surface area contributed by atoms with Gasteiger partial charge in [0, 0.05) is 5.56 Å². The summed E-state index contributed by atoms with van der Waals surface area (Å²) in [6, 6.07) is 14.5. The van der Waals surface area contributed by atoms with E-state index in [1.807, 2.05) is 17.5 Å². The molecule has 0 saturated heterocycles. The molecule has 0 bridgehead atoms. The summed E-state index contributed by atoms with van der Waals surface area (Å²) in [6.07, 6.45) is -3.81. The van der Waals surface area contributed by atoms with E-state index in [-0.39, 0.29) is 22.0 Å². The van der Waals surface area contributed by atoms with Gasteiger partial charge < -0.3 is 8.92 Å². The minimum absolute atomic E-state index is 0.0799. The first-order chi connectivity index (χ1) is 18.0. The van der Waals surface area contributed by atoms with Crippen molar-refractivity contribution in [3.63, 3.8) is 0 Å². The van der Waals surface area contributed by atoms with Crippen molar-refractivity contribution in [2.24, 2.45) is 0 Å². The van der Waals surface area contributed by atoms with E-state index in [0.29, 0.717) is 5.01 Å². The Labute approximate surface area is 221 Å². The van der Waals surface area contributed by atoms with E-state index in [1.165, 1.54) is 35.6 Å². The van der Waals surface area contributed by atoms with E-state index in [1.54, 1.807) is 6.07 Å². The summed E-state index contributed by atoms with van der Waals surface area (Å²) < 4.78 is 71.4. The van der Waals surface area contributed by atoms with Crippen LogP contribution >= 0.6 is 22.7 Å². The Morgan fingerprint density at radius 1 is 1.05 bits per heavy atom. The molecule has 9 nitrogen and oxygen atoms in total. The van der Waals surface area contributed by atoms with Crippen LogP contribution in [0.5, 0.6) is 11.5 Å². The van der Waals surface area contributed by atoms with Gasteiger partial charge in [-0.15, -0.1) is 34.7 Å². The zero-order valence-corrected chi connectivity index (χ0v) is 21.1. The number of alkyl halides is 3. The van der Waals surface area contributed by atoms with Crippen LogP contribution < -0.4 is 14.2 Å². The number of nitriles is 1. The van der Waals surface area contributed by atoms with Gasteiger partial charge in [-0.05, 0) is 47.9 Å². The highest BCUT2D eigenvalue weighted by molar-refractivity contribution is 7.87. The van der Waals surface area contributed by atoms with E-state index in [0.717, 1.165) is 46.6 Å². The molecule has 2 aromatic heterocycles. The van der Waals surface area contributed by atoms with Crippen LogP contribution in [0.4, 0.5) is 18.3 Å². The van der Waals surface area contributed by atoms with Gasteiger partial charge >= 0.3 is 16.5 Å². The summed E-state index contributed by atoms with van der Waals surface area (Å²) in [5.74, 6) is -1.64. The number of nitrogens with one attached hydrogen (secondary N) is 1. The minimum Gasteiger partial charge on any atom is -0.406 e. The van der Waals surface area contributed by atoms with Crippen molar-refractivity contribution in [1.82, 2.24) is 10.2 Å². The van der Waals surface area contributed by atoms with Crippen molar-refractivity contribution in [2.45, 2.75) is 11.3 Å². The topological polar surface area (TPSA) is 131 Å². The monoisotopic (exact) mass is 578 g/mol. The standard InChI is InChI=1S/C23H13F3N4O5S3/c24-23(25,26)34-16-7-9-17(10-8-16)38(32,33)35-18-5-2-1-4-14(18)12-15(13-27)20(31)28-22-30-29-21(37-22)19-6-3-11-36-19/h1-12H,(H,28,30,31)/b15-12+. The minimum atomic E-state index is -4.94. The van der Waals surface area contributed by atoms with Crippen LogP contribution in [0.15, 0.2) is 76.5 Å². The summed E-state index contributed by atoms with van der Waals surface area (Å²) >= 11 is 2.56. The molecule has 0 radical (unpaired) electrons. The highest BCUT2D eigenvalue weighted by Crippen LogP contribution is 2.31. The van der Waals surface area contributed by atoms with Crippen molar-refractivity contribution < 1.29 is 35.3 Å². The third-order valence-corrected chi connectivity index (χ3v) is 7.63. The maximum absolute atomic E-state index is 12.7. The Hall–Kier alpha value is -4.26. The van der Waals surface area contributed by atoms with E-state index in [4.69, 9.17) is 4.18 Å². The van der Waals surface area contributed by atoms with Gasteiger partial charge in [0.2, 0.25) is 5.13 Å². The van der Waals surface area contributed by atoms with Gasteiger partial charge in [0.15, 0.2) is 5.01 Å². The molecule has 0 fully saturated rings. The lowest BCUT2D eigenvalue weighted by molar-refractivity contribution is -0.274. The molecule has 194 valence electrons. The number of thiophene rings is 1. The molecule has 1 N–H and O–H groups in total. The van der Waals surface area contributed by atoms with Gasteiger partial charge in [0.1, 0.15) is 28.0 Å². The van der Waals surface area contributed by atoms with Crippen molar-refractivity contribution in [1.29, 1.82) is 5.26 Å². The van der Waals surface area contributed by atoms with E-state index < -0.39 is 33.0 Å². The molecule has 4 aromatic rings. The molecule has 0 spiro atoms. The molecule has 2 aromatic carbocycles. The third kappa shape index (κ3) is 6.73. The second-order valence-electron chi connectivity index (χ2n) is 7.11. The smallest absolute Gasteiger partial charge is 0.406 e. The van der Waals surface area contributed by atoms with Gasteiger partial charge in [-0.2, -0.15) is 13.7 Å². The Balaban J connectivity index is 1.52. The molecule has 4 rings (SSSR count). The highest BCUT2D eigenvalue weighted by atomic mass is 32.2. The first-order valence-corrected chi connectivity index (χ1v) is 13.3. The summed E-state index contributed by atoms with van der Waals surface area (Å²) in [7, 11) is -4.49. The van der Waals surface area contributed by atoms with E-state index >= 15 is 0 Å². The fourth-order valence-corrected chi connectivity index (χ4v) is 5.38. The van der Waals surface area contributed by atoms with Gasteiger partial charge in [-0.1, -0.05) is 35.6 Å². The van der Waals surface area contributed by atoms with Gasteiger partial charge in [-0.3, -0.25) is 10.1 Å². The molecule has 0 aliphatic carbocycles. The van der Waals surface area contributed by atoms with Gasteiger partial charge in [0.25, 0.3) is 5.91 Å². The molecule has 15 heteroatoms. The second kappa shape index (κ2) is 11.0. The van der Waals surface area contributed by atoms with Crippen molar-refractivity contribution in [2.75, 3.05) is 5.32 Å². The van der Waals surface area contributed by atoms with Crippen LogP contribution in [0.3, 0.4) is 0 Å². The Bertz CT molecular complexity index is 1630. The zero-order chi connectivity index (χ0) is 27.3. The molecule has 0 saturated carbocycles. The number of benzene rings is 2. The number of hydrogen-bond donors (Lipinski definition) is 1. The largest absolute Gasteiger partial charge is 0.573 e. The Morgan fingerprint density at radius 3 is 2.45 bits per heavy atom. The number of ether oxygens (including phenoxy) is 1. The molecule has 0 aliphatic rings. The zero-order valence-electron chi connectivity index (χ0n) is 18.7. The maximum Gasteiger partial charge on any atom is 0.573 e. The highest BCUT2D eigenvalue weighted by Gasteiger charge is 2.31. The summed E-state index contributed by atoms with van der Waals surface area (Å²) in [5.41, 5.74) is -0.295. The maximum atomic E-state index is 12.7. The quantitative estimate of drug-likeness (QED) is 0.165. The van der Waals surface area contributed by atoms with Gasteiger partial charge in [0.05, 0.1) is 4.88 Å². The lowest BCUT2D eigenvalue weighted by atomic mass is 10.1. The molecular formula is C23H13F3N4O5S3. The number of hydrogen-bond acceptors (Lipinski definition) is 10. The first kappa shape index (κ1) is 26.8. The number of nitrogens with zero attached hydrogens (tertiary/aromatic N) is 3. The average Bonchev–Trinajstić information content (AvgIpc) is 3.55. The summed E-state index contributed by atoms with van der Waals surface area (Å²) in [6.45, 7) is 0. The third-order valence-electron chi connectivity index (χ3n) is 4.51. The van der Waals surface area contributed by atoms with Crippen LogP contribution in [0.1, 0.15) is 5.56 Å². The lowest BCUT2D eigenvalue weighted by Crippen LogP contribution is -2.17. The molecule has 0 aliphatic heterocycles. The number of rotatable bonds is 8. The summed E-state index contributed by atoms with van der Waals surface area (Å²) in [5, 5.41) is 22.5. The van der Waals surface area contributed by atoms with Crippen molar-refractivity contribution >= 4 is 49.9 Å². The molecule has 2 heterocycles. The van der Waals surface area contributed by atoms with Crippen molar-refractivity contribution in [3.05, 3.63) is 77.2 Å². The lowest BCUT2D eigenvalue weighted by Gasteiger charge is -2.11. The number of para-hydroxylation sites is 1. The van der Waals surface area contributed by atoms with E-state index in [9.17, 15) is 31.6 Å². The van der Waals surface area contributed by atoms with Crippen LogP contribution in [0.2, 0.25) is 0 Å². The molecule has 1 amide bonds. The molecule has 0 unspecified atom stereocenters. The Kier molecular flexibility index (Phi) is 7.76. The van der Waals surface area contributed by atoms with Gasteiger partial charge in [-0.25, -0.2) is 0 Å². The average molecular weight is 579 g/mol. The van der Waals surface area contributed by atoms with E-state index in [2.05, 4.69) is 20.3 Å². The normalized spacial score (nSPS) is 12.0. The number of carbonyl (C=O) groups is 1. The van der Waals surface area contributed by atoms with Crippen LogP contribution in [-0.2, 0) is 14.9 Å². The number of carbonyl (C=O) groups excluding carboxylic acids is 1. The summed E-state index contributed by atoms with van der Waals surface area (Å²) in [4.78, 5) is 13.1. The Morgan fingerprint density at radius 2 is 1.79 bits per heavy atom. The number of halogens is 3. The van der Waals surface area contributed by atoms with Crippen LogP contribution in [0.25, 0.3) is 16.0 Å². The number of amides is 1. The number of anilines is 1. The van der Waals surface area contributed by atoms with Crippen molar-refractivity contribution in [3.8, 4) is 27.5 Å². The first-order valence-electron chi connectivity index (χ1n) is 10.2. The van der Waals surface area contributed by atoms with Crippen LogP contribution in [-0.4, -0.2) is 30.9 Å². The SMILES string of the molecule is N#C/C(=C\c1ccccc1OS(=O)(=O)c1ccc(OC(F)(F)F)cc1)C(=O)Nc1nnc(-c2cccs2)s1. The predicted molar refractivity (Wildman–Crippen MR) is 133 cm³/mol. The predicted octanol–water partition coefficient (Wildman–Crippen LogP) is 5.48. The fourth-order valence-electron chi connectivity index (χ4n) is 2.89.